The van der Waals surface area contributed by atoms with E-state index in [1.165, 1.54) is 12.1 Å². The zero-order valence-corrected chi connectivity index (χ0v) is 17.2. The van der Waals surface area contributed by atoms with Gasteiger partial charge in [-0.15, -0.1) is 13.2 Å². The van der Waals surface area contributed by atoms with Gasteiger partial charge >= 0.3 is 12.3 Å². The quantitative estimate of drug-likeness (QED) is 0.568. The molecule has 170 valence electrons. The van der Waals surface area contributed by atoms with Crippen LogP contribution < -0.4 is 4.74 Å². The van der Waals surface area contributed by atoms with Crippen molar-refractivity contribution in [1.29, 1.82) is 0 Å². The standard InChI is InChI=1S/C22H23F3N4O3/c23-22(24,25)32-19-4-2-1-3-15(19)12-29-8-6-14(10-21(30)31)16(13-29)9-20-27-17-5-7-26-11-18(17)28-20/h1-5,7,11,14,16H,6,8-10,12-13H2,(H,27,28)(H,30,31). The number of para-hydroxylation sites is 1. The predicted molar refractivity (Wildman–Crippen MR) is 110 cm³/mol. The number of piperidine rings is 1. The van der Waals surface area contributed by atoms with Crippen molar-refractivity contribution < 1.29 is 27.8 Å². The second kappa shape index (κ2) is 9.15. The van der Waals surface area contributed by atoms with Crippen LogP contribution in [0, 0.1) is 11.8 Å². The molecule has 10 heteroatoms. The molecule has 2 N–H and O–H groups in total. The lowest BCUT2D eigenvalue weighted by Crippen LogP contribution is -2.41. The summed E-state index contributed by atoms with van der Waals surface area (Å²) in [6, 6.07) is 7.90. The number of hydrogen-bond donors (Lipinski definition) is 2. The van der Waals surface area contributed by atoms with E-state index in [-0.39, 0.29) is 30.6 Å². The predicted octanol–water partition coefficient (Wildman–Crippen LogP) is 4.01. The number of imidazole rings is 1. The lowest BCUT2D eigenvalue weighted by atomic mass is 9.81. The zero-order chi connectivity index (χ0) is 22.7. The van der Waals surface area contributed by atoms with Crippen molar-refractivity contribution in [3.63, 3.8) is 0 Å². The number of fused-ring (bicyclic) bond motifs is 1. The van der Waals surface area contributed by atoms with E-state index in [2.05, 4.69) is 19.7 Å². The molecule has 0 bridgehead atoms. The van der Waals surface area contributed by atoms with Gasteiger partial charge < -0.3 is 14.8 Å². The van der Waals surface area contributed by atoms with Gasteiger partial charge in [0.1, 0.15) is 11.6 Å². The van der Waals surface area contributed by atoms with Crippen molar-refractivity contribution in [2.45, 2.75) is 32.2 Å². The number of aliphatic carboxylic acids is 1. The molecule has 1 saturated heterocycles. The maximum Gasteiger partial charge on any atom is 0.573 e. The first kappa shape index (κ1) is 22.1. The highest BCUT2D eigenvalue weighted by Crippen LogP contribution is 2.32. The number of carboxylic acid groups (broad SMARTS) is 1. The van der Waals surface area contributed by atoms with Crippen LogP contribution in [-0.4, -0.2) is 50.4 Å². The summed E-state index contributed by atoms with van der Waals surface area (Å²) in [4.78, 5) is 25.3. The second-order valence-electron chi connectivity index (χ2n) is 8.08. The number of carboxylic acids is 1. The molecule has 3 heterocycles. The number of aromatic amines is 1. The highest BCUT2D eigenvalue weighted by atomic mass is 19.4. The Bertz CT molecular complexity index is 1050. The maximum atomic E-state index is 12.8. The first-order valence-corrected chi connectivity index (χ1v) is 10.3. The molecule has 0 saturated carbocycles. The average molecular weight is 448 g/mol. The SMILES string of the molecule is O=C(O)CC1CCN(Cc2ccccc2OC(F)(F)F)CC1Cc1nc2ccncc2[nH]1. The Labute approximate surface area is 182 Å². The van der Waals surface area contributed by atoms with Crippen LogP contribution in [-0.2, 0) is 17.8 Å². The van der Waals surface area contributed by atoms with Crippen LogP contribution in [0.15, 0.2) is 42.7 Å². The van der Waals surface area contributed by atoms with E-state index >= 15 is 0 Å². The Morgan fingerprint density at radius 1 is 1.25 bits per heavy atom. The minimum atomic E-state index is -4.76. The molecule has 1 aromatic carbocycles. The Hall–Kier alpha value is -3.14. The van der Waals surface area contributed by atoms with Gasteiger partial charge in [-0.2, -0.15) is 0 Å². The van der Waals surface area contributed by atoms with Crippen LogP contribution in [0.2, 0.25) is 0 Å². The van der Waals surface area contributed by atoms with Crippen molar-refractivity contribution in [3.8, 4) is 5.75 Å². The smallest absolute Gasteiger partial charge is 0.481 e. The number of H-pyrrole nitrogens is 1. The number of alkyl halides is 3. The molecule has 32 heavy (non-hydrogen) atoms. The summed E-state index contributed by atoms with van der Waals surface area (Å²) in [5.74, 6) is -0.378. The Kier molecular flexibility index (Phi) is 6.31. The molecule has 7 nitrogen and oxygen atoms in total. The van der Waals surface area contributed by atoms with Gasteiger partial charge in [0.25, 0.3) is 0 Å². The fourth-order valence-corrected chi connectivity index (χ4v) is 4.38. The monoisotopic (exact) mass is 448 g/mol. The van der Waals surface area contributed by atoms with E-state index in [4.69, 9.17) is 0 Å². The highest BCUT2D eigenvalue weighted by Gasteiger charge is 2.34. The first-order chi connectivity index (χ1) is 15.3. The van der Waals surface area contributed by atoms with Gasteiger partial charge in [-0.1, -0.05) is 18.2 Å². The van der Waals surface area contributed by atoms with Gasteiger partial charge in [0, 0.05) is 37.7 Å². The molecule has 1 aliphatic heterocycles. The molecule has 4 rings (SSSR count). The zero-order valence-electron chi connectivity index (χ0n) is 17.2. The van der Waals surface area contributed by atoms with Crippen LogP contribution in [0.3, 0.4) is 0 Å². The molecule has 2 aromatic heterocycles. The number of hydrogen-bond acceptors (Lipinski definition) is 5. The Balaban J connectivity index is 1.50. The topological polar surface area (TPSA) is 91.3 Å². The lowest BCUT2D eigenvalue weighted by Gasteiger charge is -2.38. The molecule has 1 fully saturated rings. The van der Waals surface area contributed by atoms with Crippen LogP contribution in [0.5, 0.6) is 5.75 Å². The van der Waals surface area contributed by atoms with E-state index in [0.29, 0.717) is 31.5 Å². The van der Waals surface area contributed by atoms with E-state index in [1.807, 2.05) is 4.90 Å². The van der Waals surface area contributed by atoms with E-state index in [9.17, 15) is 23.1 Å². The molecule has 0 amide bonds. The largest absolute Gasteiger partial charge is 0.573 e. The molecule has 0 radical (unpaired) electrons. The minimum absolute atomic E-state index is 0.0101. The third-order valence-corrected chi connectivity index (χ3v) is 5.79. The van der Waals surface area contributed by atoms with Gasteiger partial charge in [-0.05, 0) is 36.9 Å². The molecule has 2 atom stereocenters. The number of carbonyl (C=O) groups is 1. The number of rotatable bonds is 7. The molecular weight excluding hydrogens is 425 g/mol. The van der Waals surface area contributed by atoms with Gasteiger partial charge in [0.2, 0.25) is 0 Å². The van der Waals surface area contributed by atoms with Crippen LogP contribution in [0.1, 0.15) is 24.2 Å². The maximum absolute atomic E-state index is 12.8. The molecule has 0 aliphatic carbocycles. The minimum Gasteiger partial charge on any atom is -0.481 e. The summed E-state index contributed by atoms with van der Waals surface area (Å²) in [7, 11) is 0. The highest BCUT2D eigenvalue weighted by molar-refractivity contribution is 5.73. The molecular formula is C22H23F3N4O3. The van der Waals surface area contributed by atoms with Gasteiger partial charge in [0.15, 0.2) is 0 Å². The van der Waals surface area contributed by atoms with Crippen LogP contribution >= 0.6 is 0 Å². The summed E-state index contributed by atoms with van der Waals surface area (Å²) >= 11 is 0. The summed E-state index contributed by atoms with van der Waals surface area (Å²) in [5, 5.41) is 9.34. The van der Waals surface area contributed by atoms with Crippen molar-refractivity contribution in [2.75, 3.05) is 13.1 Å². The van der Waals surface area contributed by atoms with Crippen molar-refractivity contribution >= 4 is 17.0 Å². The number of ether oxygens (including phenoxy) is 1. The molecule has 3 aromatic rings. The van der Waals surface area contributed by atoms with Crippen LogP contribution in [0.25, 0.3) is 11.0 Å². The van der Waals surface area contributed by atoms with Crippen molar-refractivity contribution in [3.05, 3.63) is 54.1 Å². The van der Waals surface area contributed by atoms with E-state index < -0.39 is 12.3 Å². The molecule has 0 spiro atoms. The first-order valence-electron chi connectivity index (χ1n) is 10.3. The Morgan fingerprint density at radius 2 is 2.06 bits per heavy atom. The van der Waals surface area contributed by atoms with Gasteiger partial charge in [0.05, 0.1) is 17.2 Å². The number of aromatic nitrogens is 3. The lowest BCUT2D eigenvalue weighted by molar-refractivity contribution is -0.275. The fraction of sp³-hybridized carbons (Fsp3) is 0.409. The fourth-order valence-electron chi connectivity index (χ4n) is 4.38. The number of likely N-dealkylation sites (tertiary alicyclic amines) is 1. The number of nitrogens with zero attached hydrogens (tertiary/aromatic N) is 3. The van der Waals surface area contributed by atoms with Crippen molar-refractivity contribution in [2.24, 2.45) is 11.8 Å². The number of nitrogens with one attached hydrogen (secondary N) is 1. The average Bonchev–Trinajstić information content (AvgIpc) is 3.12. The van der Waals surface area contributed by atoms with Gasteiger partial charge in [-0.25, -0.2) is 4.98 Å². The third-order valence-electron chi connectivity index (χ3n) is 5.79. The second-order valence-corrected chi connectivity index (χ2v) is 8.08. The third kappa shape index (κ3) is 5.56. The Morgan fingerprint density at radius 3 is 2.81 bits per heavy atom. The van der Waals surface area contributed by atoms with Crippen LogP contribution in [0.4, 0.5) is 13.2 Å². The number of benzene rings is 1. The van der Waals surface area contributed by atoms with Crippen molar-refractivity contribution in [1.82, 2.24) is 19.9 Å². The summed E-state index contributed by atoms with van der Waals surface area (Å²) in [6.45, 7) is 1.43. The van der Waals surface area contributed by atoms with Gasteiger partial charge in [-0.3, -0.25) is 14.7 Å². The summed E-state index contributed by atoms with van der Waals surface area (Å²) < 4.78 is 42.5. The van der Waals surface area contributed by atoms with E-state index in [1.54, 1.807) is 30.6 Å². The molecule has 2 unspecified atom stereocenters. The number of halogens is 3. The van der Waals surface area contributed by atoms with E-state index in [0.717, 1.165) is 16.9 Å². The molecule has 1 aliphatic rings. The summed E-state index contributed by atoms with van der Waals surface area (Å²) in [6.07, 6.45) is -0.184. The number of pyridine rings is 1. The normalized spacial score (nSPS) is 19.8. The summed E-state index contributed by atoms with van der Waals surface area (Å²) in [5.41, 5.74) is 2.04.